The lowest BCUT2D eigenvalue weighted by atomic mass is 10.0. The first-order chi connectivity index (χ1) is 16.1. The van der Waals surface area contributed by atoms with Crippen LogP contribution in [0, 0.1) is 0 Å². The highest BCUT2D eigenvalue weighted by atomic mass is 35.5. The smallest absolute Gasteiger partial charge is 0.224 e. The van der Waals surface area contributed by atoms with Crippen LogP contribution in [0.2, 0.25) is 0 Å². The third-order valence-electron chi connectivity index (χ3n) is 5.74. The van der Waals surface area contributed by atoms with Crippen molar-refractivity contribution in [2.45, 2.75) is 77.0 Å². The summed E-state index contributed by atoms with van der Waals surface area (Å²) in [6.45, 7) is 0.810. The van der Waals surface area contributed by atoms with E-state index in [-0.39, 0.29) is 36.7 Å². The van der Waals surface area contributed by atoms with E-state index in [4.69, 9.17) is 17.2 Å². The van der Waals surface area contributed by atoms with Crippen molar-refractivity contribution in [2.24, 2.45) is 22.2 Å². The average Bonchev–Trinajstić information content (AvgIpc) is 2.80. The van der Waals surface area contributed by atoms with Crippen LogP contribution in [-0.4, -0.2) is 18.4 Å². The Morgan fingerprint density at radius 2 is 1.14 bits per heavy atom. The molecule has 0 aliphatic rings. The van der Waals surface area contributed by atoms with Crippen LogP contribution in [0.1, 0.15) is 75.3 Å². The minimum Gasteiger partial charge on any atom is -0.370 e. The fraction of sp³-hybridized carbons (Fsp3) is 0.481. The lowest BCUT2D eigenvalue weighted by molar-refractivity contribution is -0.116. The second kappa shape index (κ2) is 20.0. The highest BCUT2D eigenvalue weighted by Gasteiger charge is 2.03. The molecule has 8 heteroatoms. The van der Waals surface area contributed by atoms with Crippen molar-refractivity contribution in [3.8, 4) is 0 Å². The number of anilines is 1. The second-order valence-corrected chi connectivity index (χ2v) is 8.67. The quantitative estimate of drug-likeness (QED) is 0.122. The van der Waals surface area contributed by atoms with Crippen LogP contribution in [0.5, 0.6) is 0 Å². The molecule has 0 saturated carbocycles. The van der Waals surface area contributed by atoms with Gasteiger partial charge in [0.2, 0.25) is 5.91 Å². The van der Waals surface area contributed by atoms with E-state index in [1.165, 1.54) is 49.7 Å². The molecule has 35 heavy (non-hydrogen) atoms. The van der Waals surface area contributed by atoms with E-state index in [0.717, 1.165) is 50.0 Å². The molecule has 0 bridgehead atoms. The molecule has 2 aromatic carbocycles. The normalized spacial score (nSPS) is 10.1. The molecule has 0 radical (unpaired) electrons. The van der Waals surface area contributed by atoms with E-state index < -0.39 is 0 Å². The van der Waals surface area contributed by atoms with Crippen LogP contribution >= 0.6 is 24.8 Å². The van der Waals surface area contributed by atoms with Gasteiger partial charge in [-0.2, -0.15) is 0 Å². The number of rotatable bonds is 16. The number of hydrogen-bond donors (Lipinski definition) is 4. The number of benzene rings is 2. The minimum absolute atomic E-state index is 0. The molecule has 7 N–H and O–H groups in total. The molecule has 0 heterocycles. The van der Waals surface area contributed by atoms with Gasteiger partial charge >= 0.3 is 0 Å². The Balaban J connectivity index is 0.00000578. The van der Waals surface area contributed by atoms with Crippen molar-refractivity contribution in [1.29, 1.82) is 0 Å². The van der Waals surface area contributed by atoms with Gasteiger partial charge in [0.15, 0.2) is 5.96 Å². The van der Waals surface area contributed by atoms with Gasteiger partial charge in [0.05, 0.1) is 5.69 Å². The van der Waals surface area contributed by atoms with E-state index in [9.17, 15) is 4.79 Å². The van der Waals surface area contributed by atoms with Crippen molar-refractivity contribution in [3.05, 3.63) is 59.7 Å². The van der Waals surface area contributed by atoms with Gasteiger partial charge in [0, 0.05) is 12.1 Å². The van der Waals surface area contributed by atoms with Gasteiger partial charge in [-0.3, -0.25) is 4.79 Å². The number of guanidine groups is 1. The summed E-state index contributed by atoms with van der Waals surface area (Å²) in [7, 11) is 0. The van der Waals surface area contributed by atoms with Gasteiger partial charge in [0.1, 0.15) is 0 Å². The van der Waals surface area contributed by atoms with Crippen LogP contribution in [-0.2, 0) is 17.6 Å². The summed E-state index contributed by atoms with van der Waals surface area (Å²) in [5.74, 6) is 0.167. The second-order valence-electron chi connectivity index (χ2n) is 8.67. The molecule has 0 aliphatic heterocycles. The molecule has 0 aliphatic carbocycles. The lowest BCUT2D eigenvalue weighted by Gasteiger charge is -2.07. The zero-order valence-corrected chi connectivity index (χ0v) is 22.3. The highest BCUT2D eigenvalue weighted by molar-refractivity contribution is 5.90. The molecule has 196 valence electrons. The van der Waals surface area contributed by atoms with Gasteiger partial charge in [-0.1, -0.05) is 69.2 Å². The maximum atomic E-state index is 12.2. The van der Waals surface area contributed by atoms with Gasteiger partial charge in [-0.15, -0.1) is 24.8 Å². The van der Waals surface area contributed by atoms with Crippen LogP contribution in [0.3, 0.4) is 0 Å². The topological polar surface area (TPSA) is 120 Å². The Kier molecular flexibility index (Phi) is 18.7. The van der Waals surface area contributed by atoms with Gasteiger partial charge in [-0.05, 0) is 67.6 Å². The minimum atomic E-state index is 0. The SMILES string of the molecule is Cl.Cl.NCCCCCCCCCCCC(=O)Nc1ccc(CCc2ccc(N=C(N)N)cc2)cc1. The number of halogens is 2. The summed E-state index contributed by atoms with van der Waals surface area (Å²) >= 11 is 0. The molecular weight excluding hydrogens is 481 g/mol. The Labute approximate surface area is 223 Å². The van der Waals surface area contributed by atoms with Crippen molar-refractivity contribution >= 4 is 48.1 Å². The van der Waals surface area contributed by atoms with Crippen molar-refractivity contribution < 1.29 is 4.79 Å². The van der Waals surface area contributed by atoms with E-state index >= 15 is 0 Å². The molecule has 0 unspecified atom stereocenters. The average molecular weight is 525 g/mol. The third-order valence-corrected chi connectivity index (χ3v) is 5.74. The number of aryl methyl sites for hydroxylation is 2. The summed E-state index contributed by atoms with van der Waals surface area (Å²) in [6, 6.07) is 16.0. The molecule has 6 nitrogen and oxygen atoms in total. The van der Waals surface area contributed by atoms with Crippen molar-refractivity contribution in [1.82, 2.24) is 0 Å². The predicted molar refractivity (Wildman–Crippen MR) is 154 cm³/mol. The number of unbranched alkanes of at least 4 members (excludes halogenated alkanes) is 8. The van der Waals surface area contributed by atoms with Crippen LogP contribution < -0.4 is 22.5 Å². The Bertz CT molecular complexity index is 838. The van der Waals surface area contributed by atoms with Gasteiger partial charge in [-0.25, -0.2) is 4.99 Å². The lowest BCUT2D eigenvalue weighted by Crippen LogP contribution is -2.21. The van der Waals surface area contributed by atoms with Gasteiger partial charge < -0.3 is 22.5 Å². The molecule has 0 spiro atoms. The molecule has 0 atom stereocenters. The standard InChI is InChI=1S/C27H41N5O.2ClH/c28-21-9-7-5-3-1-2-4-6-8-10-26(33)31-24-17-13-22(14-18-24)11-12-23-15-19-25(20-16-23)32-27(29)30;;/h13-20H,1-12,21,28H2,(H,31,33)(H4,29,30,32);2*1H. The monoisotopic (exact) mass is 523 g/mol. The number of carbonyl (C=O) groups is 1. The first-order valence-electron chi connectivity index (χ1n) is 12.3. The van der Waals surface area contributed by atoms with Gasteiger partial charge in [0.25, 0.3) is 0 Å². The van der Waals surface area contributed by atoms with Crippen LogP contribution in [0.4, 0.5) is 11.4 Å². The number of hydrogen-bond acceptors (Lipinski definition) is 3. The first kappa shape index (κ1) is 32.7. The fourth-order valence-corrected chi connectivity index (χ4v) is 3.82. The van der Waals surface area contributed by atoms with E-state index in [2.05, 4.69) is 22.4 Å². The molecule has 0 aromatic heterocycles. The number of amides is 1. The largest absolute Gasteiger partial charge is 0.370 e. The number of carbonyl (C=O) groups excluding carboxylic acids is 1. The van der Waals surface area contributed by atoms with E-state index in [1.54, 1.807) is 0 Å². The van der Waals surface area contributed by atoms with E-state index in [1.807, 2.05) is 36.4 Å². The van der Waals surface area contributed by atoms with Crippen LogP contribution in [0.15, 0.2) is 53.5 Å². The fourth-order valence-electron chi connectivity index (χ4n) is 3.82. The maximum Gasteiger partial charge on any atom is 0.224 e. The molecule has 0 fully saturated rings. The zero-order chi connectivity index (χ0) is 23.7. The molecular formula is C27H43Cl2N5O. The number of nitrogens with one attached hydrogen (secondary N) is 1. The van der Waals surface area contributed by atoms with Crippen molar-refractivity contribution in [2.75, 3.05) is 11.9 Å². The Hall–Kier alpha value is -2.28. The molecule has 1 amide bonds. The summed E-state index contributed by atoms with van der Waals surface area (Å²) in [5, 5.41) is 3.01. The molecule has 2 rings (SSSR count). The number of aliphatic imine (C=N–C) groups is 1. The number of nitrogens with zero attached hydrogens (tertiary/aromatic N) is 1. The Morgan fingerprint density at radius 1 is 0.686 bits per heavy atom. The van der Waals surface area contributed by atoms with Crippen molar-refractivity contribution in [3.63, 3.8) is 0 Å². The Morgan fingerprint density at radius 3 is 1.63 bits per heavy atom. The summed E-state index contributed by atoms with van der Waals surface area (Å²) < 4.78 is 0. The molecule has 2 aromatic rings. The van der Waals surface area contributed by atoms with E-state index in [0.29, 0.717) is 6.42 Å². The molecule has 0 saturated heterocycles. The zero-order valence-electron chi connectivity index (χ0n) is 20.7. The number of nitrogens with two attached hydrogens (primary N) is 3. The van der Waals surface area contributed by atoms with Crippen LogP contribution in [0.25, 0.3) is 0 Å². The third kappa shape index (κ3) is 15.4. The first-order valence-corrected chi connectivity index (χ1v) is 12.3. The highest BCUT2D eigenvalue weighted by Crippen LogP contribution is 2.16. The maximum absolute atomic E-state index is 12.2. The summed E-state index contributed by atoms with van der Waals surface area (Å²) in [6.07, 6.45) is 13.3. The predicted octanol–water partition coefficient (Wildman–Crippen LogP) is 6.02. The summed E-state index contributed by atoms with van der Waals surface area (Å²) in [5.41, 5.74) is 20.4. The summed E-state index contributed by atoms with van der Waals surface area (Å²) in [4.78, 5) is 16.2.